The van der Waals surface area contributed by atoms with Crippen molar-refractivity contribution in [1.29, 1.82) is 0 Å². The molecule has 1 aromatic carbocycles. The molecule has 2 rings (SSSR count). The summed E-state index contributed by atoms with van der Waals surface area (Å²) in [5.74, 6) is -0.845. The van der Waals surface area contributed by atoms with Gasteiger partial charge in [-0.3, -0.25) is 0 Å². The van der Waals surface area contributed by atoms with Crippen molar-refractivity contribution in [3.63, 3.8) is 0 Å². The Kier molecular flexibility index (Phi) is 3.08. The molecule has 0 atom stereocenters. The molecule has 1 aromatic rings. The number of anilines is 1. The van der Waals surface area contributed by atoms with Crippen LogP contribution in [0.3, 0.4) is 0 Å². The Labute approximate surface area is 105 Å². The largest absolute Gasteiger partial charge is 0.398 e. The zero-order valence-corrected chi connectivity index (χ0v) is 10.7. The predicted molar refractivity (Wildman–Crippen MR) is 64.9 cm³/mol. The van der Waals surface area contributed by atoms with Gasteiger partial charge in [-0.1, -0.05) is 0 Å². The summed E-state index contributed by atoms with van der Waals surface area (Å²) in [6.45, 7) is 1.30. The van der Waals surface area contributed by atoms with E-state index in [1.165, 1.54) is 0 Å². The van der Waals surface area contributed by atoms with Gasteiger partial charge in [0.1, 0.15) is 10.7 Å². The Morgan fingerprint density at radius 2 is 2.11 bits per heavy atom. The van der Waals surface area contributed by atoms with E-state index in [4.69, 9.17) is 10.8 Å². The van der Waals surface area contributed by atoms with Crippen LogP contribution in [0, 0.1) is 12.7 Å². The molecule has 100 valence electrons. The zero-order valence-electron chi connectivity index (χ0n) is 9.90. The predicted octanol–water partition coefficient (Wildman–Crippen LogP) is 0.520. The highest BCUT2D eigenvalue weighted by molar-refractivity contribution is 7.89. The Hall–Kier alpha value is -1.18. The Balaban J connectivity index is 2.39. The van der Waals surface area contributed by atoms with E-state index in [1.807, 2.05) is 0 Å². The maximum Gasteiger partial charge on any atom is 0.244 e. The minimum Gasteiger partial charge on any atom is -0.398 e. The van der Waals surface area contributed by atoms with Crippen molar-refractivity contribution < 1.29 is 17.9 Å². The van der Waals surface area contributed by atoms with Crippen LogP contribution in [-0.2, 0) is 10.0 Å². The second-order valence-electron chi connectivity index (χ2n) is 4.68. The van der Waals surface area contributed by atoms with Crippen LogP contribution in [0.2, 0.25) is 0 Å². The Bertz CT molecular complexity index is 582. The van der Waals surface area contributed by atoms with Crippen LogP contribution < -0.4 is 10.5 Å². The van der Waals surface area contributed by atoms with E-state index < -0.39 is 26.3 Å². The second-order valence-corrected chi connectivity index (χ2v) is 6.33. The molecule has 5 nitrogen and oxygen atoms in total. The Morgan fingerprint density at radius 3 is 2.61 bits per heavy atom. The number of nitrogen functional groups attached to an aromatic ring is 1. The lowest BCUT2D eigenvalue weighted by Crippen LogP contribution is -2.39. The van der Waals surface area contributed by atoms with Gasteiger partial charge < -0.3 is 10.8 Å². The molecule has 1 fully saturated rings. The molecule has 18 heavy (non-hydrogen) atoms. The molecule has 0 unspecified atom stereocenters. The number of nitrogens with two attached hydrogens (primary N) is 1. The number of aliphatic hydroxyl groups is 1. The molecule has 0 heterocycles. The molecule has 1 aliphatic rings. The first-order valence-corrected chi connectivity index (χ1v) is 6.98. The molecular formula is C11H15FN2O3S. The van der Waals surface area contributed by atoms with E-state index >= 15 is 0 Å². The fourth-order valence-electron chi connectivity index (χ4n) is 1.66. The van der Waals surface area contributed by atoms with E-state index in [0.29, 0.717) is 18.4 Å². The molecule has 1 saturated carbocycles. The standard InChI is InChI=1S/C11H15FN2O3S/c1-7-4-8(12)10(5-9(7)13)18(16,17)14-11(6-15)2-3-11/h4-5,14-15H,2-3,6,13H2,1H3. The van der Waals surface area contributed by atoms with Gasteiger partial charge in [-0.15, -0.1) is 0 Å². The lowest BCUT2D eigenvalue weighted by atomic mass is 10.2. The van der Waals surface area contributed by atoms with E-state index in [0.717, 1.165) is 12.1 Å². The third-order valence-electron chi connectivity index (χ3n) is 3.12. The van der Waals surface area contributed by atoms with Gasteiger partial charge >= 0.3 is 0 Å². The van der Waals surface area contributed by atoms with Gasteiger partial charge in [0.2, 0.25) is 10.0 Å². The normalized spacial score (nSPS) is 17.7. The summed E-state index contributed by atoms with van der Waals surface area (Å²) in [5, 5.41) is 9.09. The fraction of sp³-hybridized carbons (Fsp3) is 0.455. The van der Waals surface area contributed by atoms with Crippen molar-refractivity contribution in [3.8, 4) is 0 Å². The molecular weight excluding hydrogens is 259 g/mol. The van der Waals surface area contributed by atoms with Crippen molar-refractivity contribution in [3.05, 3.63) is 23.5 Å². The second kappa shape index (κ2) is 4.18. The van der Waals surface area contributed by atoms with Gasteiger partial charge in [0.25, 0.3) is 0 Å². The summed E-state index contributed by atoms with van der Waals surface area (Å²) in [6.07, 6.45) is 1.09. The quantitative estimate of drug-likeness (QED) is 0.698. The van der Waals surface area contributed by atoms with Crippen LogP contribution in [0.1, 0.15) is 18.4 Å². The first-order valence-electron chi connectivity index (χ1n) is 5.50. The number of hydrogen-bond acceptors (Lipinski definition) is 4. The number of aryl methyl sites for hydroxylation is 1. The van der Waals surface area contributed by atoms with Gasteiger partial charge in [-0.05, 0) is 37.5 Å². The van der Waals surface area contributed by atoms with Crippen LogP contribution in [0.4, 0.5) is 10.1 Å². The summed E-state index contributed by atoms with van der Waals surface area (Å²) in [5.41, 5.74) is 5.46. The summed E-state index contributed by atoms with van der Waals surface area (Å²) >= 11 is 0. The number of benzene rings is 1. The molecule has 0 saturated heterocycles. The highest BCUT2D eigenvalue weighted by Gasteiger charge is 2.46. The van der Waals surface area contributed by atoms with Crippen molar-refractivity contribution in [2.24, 2.45) is 0 Å². The maximum atomic E-state index is 13.7. The molecule has 0 aliphatic heterocycles. The van der Waals surface area contributed by atoms with Gasteiger partial charge in [0.15, 0.2) is 0 Å². The van der Waals surface area contributed by atoms with Gasteiger partial charge in [-0.25, -0.2) is 17.5 Å². The third kappa shape index (κ3) is 2.33. The number of nitrogens with one attached hydrogen (secondary N) is 1. The average molecular weight is 274 g/mol. The number of halogens is 1. The van der Waals surface area contributed by atoms with Crippen LogP contribution >= 0.6 is 0 Å². The minimum absolute atomic E-state index is 0.214. The van der Waals surface area contributed by atoms with Crippen LogP contribution in [0.5, 0.6) is 0 Å². The lowest BCUT2D eigenvalue weighted by molar-refractivity contribution is 0.246. The van der Waals surface area contributed by atoms with Gasteiger partial charge in [0, 0.05) is 5.69 Å². The maximum absolute atomic E-state index is 13.7. The molecule has 0 aromatic heterocycles. The fourth-order valence-corrected chi connectivity index (χ4v) is 3.20. The molecule has 0 amide bonds. The monoisotopic (exact) mass is 274 g/mol. The number of sulfonamides is 1. The van der Waals surface area contributed by atoms with Crippen LogP contribution in [0.25, 0.3) is 0 Å². The van der Waals surface area contributed by atoms with Crippen molar-refractivity contribution >= 4 is 15.7 Å². The molecule has 1 aliphatic carbocycles. The minimum atomic E-state index is -4.00. The van der Waals surface area contributed by atoms with E-state index in [1.54, 1.807) is 6.92 Å². The van der Waals surface area contributed by atoms with Gasteiger partial charge in [-0.2, -0.15) is 0 Å². The number of rotatable bonds is 4. The van der Waals surface area contributed by atoms with Crippen molar-refractivity contribution in [2.45, 2.75) is 30.2 Å². The zero-order chi connectivity index (χ0) is 13.6. The molecule has 4 N–H and O–H groups in total. The highest BCUT2D eigenvalue weighted by Crippen LogP contribution is 2.36. The smallest absolute Gasteiger partial charge is 0.244 e. The third-order valence-corrected chi connectivity index (χ3v) is 4.71. The molecule has 0 radical (unpaired) electrons. The molecule has 0 spiro atoms. The summed E-state index contributed by atoms with van der Waals surface area (Å²) in [6, 6.07) is 2.18. The molecule has 0 bridgehead atoms. The first kappa shape index (κ1) is 13.3. The van der Waals surface area contributed by atoms with E-state index in [9.17, 15) is 12.8 Å². The summed E-state index contributed by atoms with van der Waals surface area (Å²) in [7, 11) is -4.00. The average Bonchev–Trinajstić information content (AvgIpc) is 3.03. The summed E-state index contributed by atoms with van der Waals surface area (Å²) in [4.78, 5) is -0.481. The van der Waals surface area contributed by atoms with E-state index in [-0.39, 0.29) is 12.3 Å². The van der Waals surface area contributed by atoms with Gasteiger partial charge in [0.05, 0.1) is 12.1 Å². The van der Waals surface area contributed by atoms with Crippen molar-refractivity contribution in [1.82, 2.24) is 4.72 Å². The number of hydrogen-bond donors (Lipinski definition) is 3. The topological polar surface area (TPSA) is 92.4 Å². The molecule has 7 heteroatoms. The van der Waals surface area contributed by atoms with Crippen LogP contribution in [0.15, 0.2) is 17.0 Å². The SMILES string of the molecule is Cc1cc(F)c(S(=O)(=O)NC2(CO)CC2)cc1N. The first-order chi connectivity index (χ1) is 8.30. The lowest BCUT2D eigenvalue weighted by Gasteiger charge is -2.15. The Morgan fingerprint density at radius 1 is 1.50 bits per heavy atom. The van der Waals surface area contributed by atoms with E-state index in [2.05, 4.69) is 4.72 Å². The summed E-state index contributed by atoms with van der Waals surface area (Å²) < 4.78 is 40.0. The number of aliphatic hydroxyl groups excluding tert-OH is 1. The van der Waals surface area contributed by atoms with Crippen molar-refractivity contribution in [2.75, 3.05) is 12.3 Å². The highest BCUT2D eigenvalue weighted by atomic mass is 32.2. The van der Waals surface area contributed by atoms with Crippen LogP contribution in [-0.4, -0.2) is 25.7 Å².